The molecule has 3 aromatic rings. The highest BCUT2D eigenvalue weighted by atomic mass is 35.5. The van der Waals surface area contributed by atoms with E-state index in [2.05, 4.69) is 14.7 Å². The third-order valence-electron chi connectivity index (χ3n) is 3.25. The van der Waals surface area contributed by atoms with Gasteiger partial charge in [-0.2, -0.15) is 5.26 Å². The van der Waals surface area contributed by atoms with E-state index in [-0.39, 0.29) is 20.8 Å². The number of hydrogen-bond donors (Lipinski definition) is 1. The number of halogens is 2. The number of pyridine rings is 2. The lowest BCUT2D eigenvalue weighted by Crippen LogP contribution is -2.14. The fourth-order valence-corrected chi connectivity index (χ4v) is 3.81. The van der Waals surface area contributed by atoms with Crippen LogP contribution in [0.2, 0.25) is 10.2 Å². The van der Waals surface area contributed by atoms with Crippen LogP contribution >= 0.6 is 23.2 Å². The first-order chi connectivity index (χ1) is 12.9. The zero-order chi connectivity index (χ0) is 19.4. The van der Waals surface area contributed by atoms with Crippen LogP contribution in [0.15, 0.2) is 59.8 Å². The van der Waals surface area contributed by atoms with E-state index in [4.69, 9.17) is 33.2 Å². The van der Waals surface area contributed by atoms with Crippen LogP contribution < -0.4 is 9.46 Å². The summed E-state index contributed by atoms with van der Waals surface area (Å²) in [4.78, 5) is 7.36. The van der Waals surface area contributed by atoms with Crippen LogP contribution in [-0.4, -0.2) is 18.4 Å². The first-order valence-corrected chi connectivity index (χ1v) is 9.59. The molecule has 0 aliphatic carbocycles. The Morgan fingerprint density at radius 3 is 2.48 bits per heavy atom. The summed E-state index contributed by atoms with van der Waals surface area (Å²) in [5, 5.41) is 8.82. The summed E-state index contributed by atoms with van der Waals surface area (Å²) < 4.78 is 32.9. The van der Waals surface area contributed by atoms with Gasteiger partial charge >= 0.3 is 0 Å². The van der Waals surface area contributed by atoms with Crippen molar-refractivity contribution in [2.45, 2.75) is 4.90 Å². The van der Waals surface area contributed by atoms with Gasteiger partial charge in [0, 0.05) is 24.1 Å². The molecule has 0 aliphatic heterocycles. The fourth-order valence-electron chi connectivity index (χ4n) is 2.07. The highest BCUT2D eigenvalue weighted by molar-refractivity contribution is 7.92. The van der Waals surface area contributed by atoms with Crippen molar-refractivity contribution < 1.29 is 13.2 Å². The molecule has 10 heteroatoms. The van der Waals surface area contributed by atoms with Crippen molar-refractivity contribution >= 4 is 38.9 Å². The topological polar surface area (TPSA) is 105 Å². The predicted octanol–water partition coefficient (Wildman–Crippen LogP) is 4.25. The third kappa shape index (κ3) is 4.65. The van der Waals surface area contributed by atoms with Gasteiger partial charge in [0.05, 0.1) is 5.02 Å². The molecule has 1 N–H and O–H groups in total. The Kier molecular flexibility index (Phi) is 5.46. The van der Waals surface area contributed by atoms with Gasteiger partial charge < -0.3 is 4.74 Å². The van der Waals surface area contributed by atoms with Gasteiger partial charge in [0.25, 0.3) is 10.0 Å². The molecule has 0 saturated heterocycles. The molecule has 0 saturated carbocycles. The van der Waals surface area contributed by atoms with E-state index in [0.29, 0.717) is 17.2 Å². The lowest BCUT2D eigenvalue weighted by Gasteiger charge is -2.10. The zero-order valence-electron chi connectivity index (χ0n) is 13.4. The van der Waals surface area contributed by atoms with Crippen molar-refractivity contribution in [3.05, 3.63) is 70.7 Å². The number of ether oxygens (including phenoxy) is 1. The summed E-state index contributed by atoms with van der Waals surface area (Å²) >= 11 is 11.6. The lowest BCUT2D eigenvalue weighted by molar-refractivity contribution is 0.482. The smallest absolute Gasteiger partial charge is 0.265 e. The van der Waals surface area contributed by atoms with Gasteiger partial charge in [-0.3, -0.25) is 4.72 Å². The first-order valence-electron chi connectivity index (χ1n) is 7.35. The lowest BCUT2D eigenvalue weighted by atomic mass is 10.3. The zero-order valence-corrected chi connectivity index (χ0v) is 15.8. The first kappa shape index (κ1) is 18.9. The minimum absolute atomic E-state index is 0.151. The molecule has 0 spiro atoms. The maximum absolute atomic E-state index is 12.5. The van der Waals surface area contributed by atoms with E-state index in [9.17, 15) is 8.42 Å². The standard InChI is InChI=1S/C17H10Cl2N4O3S/c18-11-7-16(17(19)22-10-11)27(24,25)23-12-1-3-14(4-2-12)26-15-5-6-21-13(8-15)9-20/h1-8,10,23H. The predicted molar refractivity (Wildman–Crippen MR) is 101 cm³/mol. The Morgan fingerprint density at radius 2 is 1.78 bits per heavy atom. The van der Waals surface area contributed by atoms with Gasteiger partial charge in [-0.15, -0.1) is 0 Å². The van der Waals surface area contributed by atoms with Crippen molar-refractivity contribution in [2.75, 3.05) is 4.72 Å². The number of benzene rings is 1. The monoisotopic (exact) mass is 420 g/mol. The van der Waals surface area contributed by atoms with E-state index in [1.165, 1.54) is 36.7 Å². The summed E-state index contributed by atoms with van der Waals surface area (Å²) in [5.41, 5.74) is 0.523. The van der Waals surface area contributed by atoms with Crippen LogP contribution in [0.4, 0.5) is 5.69 Å². The van der Waals surface area contributed by atoms with Crippen LogP contribution in [-0.2, 0) is 10.0 Å². The van der Waals surface area contributed by atoms with Gasteiger partial charge in [-0.1, -0.05) is 23.2 Å². The Balaban J connectivity index is 1.77. The molecule has 3 rings (SSSR count). The molecular formula is C17H10Cl2N4O3S. The quantitative estimate of drug-likeness (QED) is 0.618. The van der Waals surface area contributed by atoms with Crippen LogP contribution in [0.25, 0.3) is 0 Å². The Bertz CT molecular complexity index is 1130. The number of nitrogens with one attached hydrogen (secondary N) is 1. The van der Waals surface area contributed by atoms with E-state index < -0.39 is 10.0 Å². The minimum atomic E-state index is -3.96. The molecule has 0 atom stereocenters. The Morgan fingerprint density at radius 1 is 1.04 bits per heavy atom. The maximum atomic E-state index is 12.5. The van der Waals surface area contributed by atoms with E-state index in [1.807, 2.05) is 6.07 Å². The maximum Gasteiger partial charge on any atom is 0.265 e. The highest BCUT2D eigenvalue weighted by Gasteiger charge is 2.19. The molecule has 0 unspecified atom stereocenters. The second kappa shape index (κ2) is 7.80. The number of sulfonamides is 1. The number of hydrogen-bond acceptors (Lipinski definition) is 6. The minimum Gasteiger partial charge on any atom is -0.457 e. The molecule has 0 amide bonds. The summed E-state index contributed by atoms with van der Waals surface area (Å²) in [5.74, 6) is 0.891. The van der Waals surface area contributed by atoms with Gasteiger partial charge in [0.15, 0.2) is 0 Å². The van der Waals surface area contributed by atoms with Crippen LogP contribution in [0.1, 0.15) is 5.69 Å². The molecule has 7 nitrogen and oxygen atoms in total. The average Bonchev–Trinajstić information content (AvgIpc) is 2.65. The molecule has 0 fully saturated rings. The van der Waals surface area contributed by atoms with E-state index >= 15 is 0 Å². The van der Waals surface area contributed by atoms with Crippen molar-refractivity contribution in [1.29, 1.82) is 5.26 Å². The number of rotatable bonds is 5. The molecule has 2 heterocycles. The SMILES string of the molecule is N#Cc1cc(Oc2ccc(NS(=O)(=O)c3cc(Cl)cnc3Cl)cc2)ccn1. The molecule has 2 aromatic heterocycles. The summed E-state index contributed by atoms with van der Waals surface area (Å²) in [6.07, 6.45) is 2.71. The number of anilines is 1. The number of nitrogens with zero attached hydrogens (tertiary/aromatic N) is 3. The van der Waals surface area contributed by atoms with Gasteiger partial charge in [-0.25, -0.2) is 18.4 Å². The Hall–Kier alpha value is -2.86. The van der Waals surface area contributed by atoms with Gasteiger partial charge in [-0.05, 0) is 36.4 Å². The van der Waals surface area contributed by atoms with E-state index in [0.717, 1.165) is 0 Å². The third-order valence-corrected chi connectivity index (χ3v) is 5.27. The van der Waals surface area contributed by atoms with Crippen LogP contribution in [0.3, 0.4) is 0 Å². The number of aromatic nitrogens is 2. The molecule has 0 radical (unpaired) electrons. The van der Waals surface area contributed by atoms with Gasteiger partial charge in [0.1, 0.15) is 33.3 Å². The van der Waals surface area contributed by atoms with E-state index in [1.54, 1.807) is 18.2 Å². The largest absolute Gasteiger partial charge is 0.457 e. The summed E-state index contributed by atoms with van der Waals surface area (Å²) in [6, 6.07) is 12.4. The second-order valence-corrected chi connectivity index (χ2v) is 7.61. The fraction of sp³-hybridized carbons (Fsp3) is 0. The van der Waals surface area contributed by atoms with Crippen LogP contribution in [0, 0.1) is 11.3 Å². The van der Waals surface area contributed by atoms with Crippen molar-refractivity contribution in [2.24, 2.45) is 0 Å². The molecule has 0 bridgehead atoms. The van der Waals surface area contributed by atoms with Crippen LogP contribution in [0.5, 0.6) is 11.5 Å². The normalized spacial score (nSPS) is 10.9. The highest BCUT2D eigenvalue weighted by Crippen LogP contribution is 2.27. The van der Waals surface area contributed by atoms with Crippen molar-refractivity contribution in [3.63, 3.8) is 0 Å². The second-order valence-electron chi connectivity index (χ2n) is 5.16. The molecule has 0 aliphatic rings. The van der Waals surface area contributed by atoms with Crippen molar-refractivity contribution in [1.82, 2.24) is 9.97 Å². The summed E-state index contributed by atoms with van der Waals surface area (Å²) in [6.45, 7) is 0. The summed E-state index contributed by atoms with van der Waals surface area (Å²) in [7, 11) is -3.96. The molecule has 1 aromatic carbocycles. The average molecular weight is 421 g/mol. The molecular weight excluding hydrogens is 411 g/mol. The Labute approximate surface area is 165 Å². The van der Waals surface area contributed by atoms with Crippen molar-refractivity contribution in [3.8, 4) is 17.6 Å². The molecule has 136 valence electrons. The number of nitriles is 1. The van der Waals surface area contributed by atoms with Gasteiger partial charge in [0.2, 0.25) is 0 Å². The molecule has 27 heavy (non-hydrogen) atoms.